The summed E-state index contributed by atoms with van der Waals surface area (Å²) < 4.78 is 29.6. The van der Waals surface area contributed by atoms with Gasteiger partial charge in [-0.1, -0.05) is 0 Å². The molecule has 2 fully saturated rings. The number of anilines is 2. The third-order valence-corrected chi connectivity index (χ3v) is 5.31. The van der Waals surface area contributed by atoms with Crippen LogP contribution in [0.5, 0.6) is 0 Å². The Balaban J connectivity index is 1.69. The Morgan fingerprint density at radius 1 is 1.38 bits per heavy atom. The van der Waals surface area contributed by atoms with Crippen molar-refractivity contribution in [1.29, 1.82) is 5.26 Å². The monoisotopic (exact) mass is 358 g/mol. The number of nitrogens with one attached hydrogen (secondary N) is 1. The lowest BCUT2D eigenvalue weighted by Gasteiger charge is -2.38. The Kier molecular flexibility index (Phi) is 3.67. The first-order chi connectivity index (χ1) is 12.5. The Labute approximate surface area is 148 Å². The van der Waals surface area contributed by atoms with Gasteiger partial charge in [-0.15, -0.1) is 5.73 Å². The highest BCUT2D eigenvalue weighted by molar-refractivity contribution is 5.80. The van der Waals surface area contributed by atoms with Gasteiger partial charge in [0.15, 0.2) is 0 Å². The fourth-order valence-electron chi connectivity index (χ4n) is 4.04. The van der Waals surface area contributed by atoms with Crippen LogP contribution >= 0.6 is 0 Å². The maximum Gasteiger partial charge on any atom is 0.274 e. The Hall–Kier alpha value is -2.98. The van der Waals surface area contributed by atoms with Crippen LogP contribution in [-0.2, 0) is 4.79 Å². The number of hydrogen-bond acceptors (Lipinski definition) is 6. The second-order valence-electron chi connectivity index (χ2n) is 6.60. The van der Waals surface area contributed by atoms with Crippen LogP contribution in [-0.4, -0.2) is 51.9 Å². The SMILES string of the molecule is N#CCC(=O)N1CCC(F)(F)C12CCN(c1ncnc3c1C=C=CN3)C2. The molecule has 1 aromatic heterocycles. The standard InChI is InChI=1S/C17H16F2N6O/c18-17(19)5-9-25(13(26)3-6-20)16(17)4-8-24(10-16)15-12-2-1-7-21-14(12)22-11-23-15/h2,7,11H,3-5,8-10H2,(H,21,22,23). The fourth-order valence-corrected chi connectivity index (χ4v) is 4.04. The van der Waals surface area contributed by atoms with Gasteiger partial charge in [0.1, 0.15) is 29.9 Å². The number of nitriles is 1. The molecule has 2 saturated heterocycles. The van der Waals surface area contributed by atoms with E-state index in [-0.39, 0.29) is 25.9 Å². The molecule has 0 bridgehead atoms. The second-order valence-corrected chi connectivity index (χ2v) is 6.60. The fraction of sp³-hybridized carbons (Fsp3) is 0.471. The highest BCUT2D eigenvalue weighted by Crippen LogP contribution is 2.49. The molecular formula is C17H16F2N6O. The molecule has 26 heavy (non-hydrogen) atoms. The third-order valence-electron chi connectivity index (χ3n) is 5.31. The van der Waals surface area contributed by atoms with Crippen molar-refractivity contribution in [2.45, 2.75) is 30.7 Å². The summed E-state index contributed by atoms with van der Waals surface area (Å²) in [5, 5.41) is 11.7. The van der Waals surface area contributed by atoms with E-state index >= 15 is 0 Å². The van der Waals surface area contributed by atoms with Gasteiger partial charge in [0.2, 0.25) is 5.91 Å². The summed E-state index contributed by atoms with van der Waals surface area (Å²) in [5.74, 6) is -2.42. The van der Waals surface area contributed by atoms with Gasteiger partial charge in [-0.25, -0.2) is 18.7 Å². The minimum absolute atomic E-state index is 0.0296. The first-order valence-corrected chi connectivity index (χ1v) is 8.31. The molecule has 4 heterocycles. The van der Waals surface area contributed by atoms with Gasteiger partial charge in [-0.2, -0.15) is 5.26 Å². The van der Waals surface area contributed by atoms with Gasteiger partial charge in [-0.3, -0.25) is 4.79 Å². The van der Waals surface area contributed by atoms with Gasteiger partial charge < -0.3 is 15.1 Å². The zero-order chi connectivity index (χ0) is 18.4. The minimum atomic E-state index is -3.01. The van der Waals surface area contributed by atoms with Crippen molar-refractivity contribution < 1.29 is 13.6 Å². The lowest BCUT2D eigenvalue weighted by molar-refractivity contribution is -0.143. The number of alkyl halides is 2. The van der Waals surface area contributed by atoms with Crippen molar-refractivity contribution in [3.05, 3.63) is 23.8 Å². The lowest BCUT2D eigenvalue weighted by atomic mass is 9.91. The number of halogens is 2. The van der Waals surface area contributed by atoms with E-state index in [0.717, 1.165) is 0 Å². The molecule has 1 aromatic rings. The predicted molar refractivity (Wildman–Crippen MR) is 89.3 cm³/mol. The zero-order valence-electron chi connectivity index (χ0n) is 13.9. The Morgan fingerprint density at radius 3 is 3.04 bits per heavy atom. The third kappa shape index (κ3) is 2.26. The van der Waals surface area contributed by atoms with Crippen molar-refractivity contribution >= 4 is 23.6 Å². The van der Waals surface area contributed by atoms with Crippen LogP contribution in [0.25, 0.3) is 6.08 Å². The Bertz CT molecular complexity index is 872. The molecule has 1 spiro atoms. The molecule has 4 rings (SSSR count). The summed E-state index contributed by atoms with van der Waals surface area (Å²) in [5.41, 5.74) is 2.00. The molecule has 7 nitrogen and oxygen atoms in total. The average molecular weight is 358 g/mol. The summed E-state index contributed by atoms with van der Waals surface area (Å²) >= 11 is 0. The Morgan fingerprint density at radius 2 is 2.23 bits per heavy atom. The number of fused-ring (bicyclic) bond motifs is 1. The van der Waals surface area contributed by atoms with Crippen molar-refractivity contribution in [3.8, 4) is 6.07 Å². The molecule has 0 radical (unpaired) electrons. The molecule has 0 aromatic carbocycles. The average Bonchev–Trinajstić information content (AvgIpc) is 3.18. The summed E-state index contributed by atoms with van der Waals surface area (Å²) in [6.45, 7) is 0.276. The first-order valence-electron chi connectivity index (χ1n) is 8.31. The summed E-state index contributed by atoms with van der Waals surface area (Å²) in [6, 6.07) is 1.77. The molecule has 3 aliphatic heterocycles. The molecule has 134 valence electrons. The van der Waals surface area contributed by atoms with Crippen LogP contribution in [0.2, 0.25) is 0 Å². The van der Waals surface area contributed by atoms with E-state index in [0.29, 0.717) is 23.7 Å². The molecule has 0 aliphatic carbocycles. The molecular weight excluding hydrogens is 342 g/mol. The van der Waals surface area contributed by atoms with Gasteiger partial charge in [0.25, 0.3) is 5.92 Å². The summed E-state index contributed by atoms with van der Waals surface area (Å²) in [7, 11) is 0. The van der Waals surface area contributed by atoms with Crippen LogP contribution in [0.4, 0.5) is 20.4 Å². The van der Waals surface area contributed by atoms with Crippen LogP contribution in [0, 0.1) is 11.3 Å². The summed E-state index contributed by atoms with van der Waals surface area (Å²) in [4.78, 5) is 23.6. The molecule has 9 heteroatoms. The van der Waals surface area contributed by atoms with Gasteiger partial charge in [0.05, 0.1) is 11.6 Å². The molecule has 1 unspecified atom stereocenters. The van der Waals surface area contributed by atoms with Gasteiger partial charge >= 0.3 is 0 Å². The number of carbonyl (C=O) groups excluding carboxylic acids is 1. The minimum Gasteiger partial charge on any atom is -0.353 e. The predicted octanol–water partition coefficient (Wildman–Crippen LogP) is 1.76. The van der Waals surface area contributed by atoms with Gasteiger partial charge in [-0.05, 0) is 12.5 Å². The number of rotatable bonds is 2. The number of hydrogen-bond donors (Lipinski definition) is 1. The second kappa shape index (κ2) is 5.78. The van der Waals surface area contributed by atoms with Crippen molar-refractivity contribution in [2.24, 2.45) is 0 Å². The molecule has 1 atom stereocenters. The molecule has 0 saturated carbocycles. The summed E-state index contributed by atoms with van der Waals surface area (Å²) in [6.07, 6.45) is 4.05. The van der Waals surface area contributed by atoms with E-state index in [1.165, 1.54) is 11.2 Å². The lowest BCUT2D eigenvalue weighted by Crippen LogP contribution is -2.57. The number of amides is 1. The molecule has 1 amide bonds. The van der Waals surface area contributed by atoms with E-state index in [2.05, 4.69) is 21.0 Å². The number of aromatic nitrogens is 2. The highest BCUT2D eigenvalue weighted by Gasteiger charge is 2.65. The van der Waals surface area contributed by atoms with Crippen LogP contribution < -0.4 is 10.2 Å². The van der Waals surface area contributed by atoms with E-state index in [1.54, 1.807) is 23.2 Å². The zero-order valence-corrected chi connectivity index (χ0v) is 13.9. The van der Waals surface area contributed by atoms with E-state index in [4.69, 9.17) is 5.26 Å². The van der Waals surface area contributed by atoms with Crippen LogP contribution in [0.3, 0.4) is 0 Å². The van der Waals surface area contributed by atoms with Gasteiger partial charge in [0, 0.05) is 32.3 Å². The molecule has 1 N–H and O–H groups in total. The normalized spacial score (nSPS) is 25.3. The van der Waals surface area contributed by atoms with E-state index in [1.807, 2.05) is 0 Å². The van der Waals surface area contributed by atoms with Crippen molar-refractivity contribution in [3.63, 3.8) is 0 Å². The maximum absolute atomic E-state index is 14.8. The maximum atomic E-state index is 14.8. The largest absolute Gasteiger partial charge is 0.353 e. The quantitative estimate of drug-likeness (QED) is 0.811. The van der Waals surface area contributed by atoms with Crippen molar-refractivity contribution in [2.75, 3.05) is 29.9 Å². The first kappa shape index (κ1) is 16.5. The van der Waals surface area contributed by atoms with E-state index in [9.17, 15) is 13.6 Å². The number of nitrogens with zero attached hydrogens (tertiary/aromatic N) is 5. The van der Waals surface area contributed by atoms with Crippen molar-refractivity contribution in [1.82, 2.24) is 14.9 Å². The van der Waals surface area contributed by atoms with Crippen LogP contribution in [0.15, 0.2) is 18.3 Å². The number of carbonyl (C=O) groups is 1. The molecule has 3 aliphatic rings. The van der Waals surface area contributed by atoms with E-state index < -0.39 is 23.8 Å². The van der Waals surface area contributed by atoms with Crippen LogP contribution in [0.1, 0.15) is 24.8 Å². The number of likely N-dealkylation sites (tertiary alicyclic amines) is 1. The topological polar surface area (TPSA) is 85.2 Å². The highest BCUT2D eigenvalue weighted by atomic mass is 19.3. The smallest absolute Gasteiger partial charge is 0.274 e.